The van der Waals surface area contributed by atoms with Crippen LogP contribution in [-0.4, -0.2) is 50.1 Å². The van der Waals surface area contributed by atoms with Gasteiger partial charge in [0.05, 0.1) is 26.4 Å². The Morgan fingerprint density at radius 2 is 1.50 bits per heavy atom. The van der Waals surface area contributed by atoms with E-state index in [-0.39, 0.29) is 12.3 Å². The van der Waals surface area contributed by atoms with Crippen molar-refractivity contribution in [2.75, 3.05) is 14.2 Å². The zero-order chi connectivity index (χ0) is 20.5. The van der Waals surface area contributed by atoms with Crippen LogP contribution < -0.4 is 5.32 Å². The van der Waals surface area contributed by atoms with Crippen molar-refractivity contribution in [1.29, 1.82) is 0 Å². The van der Waals surface area contributed by atoms with E-state index in [0.717, 1.165) is 14.2 Å². The maximum atomic E-state index is 13.1. The van der Waals surface area contributed by atoms with Crippen LogP contribution in [0.15, 0.2) is 0 Å². The molecule has 1 N–H and O–H groups in total. The Kier molecular flexibility index (Phi) is 10.2. The second-order valence-corrected chi connectivity index (χ2v) is 7.48. The highest BCUT2D eigenvalue weighted by Crippen LogP contribution is 2.22. The van der Waals surface area contributed by atoms with Gasteiger partial charge in [-0.15, -0.1) is 0 Å². The number of carbonyl (C=O) groups excluding carboxylic acids is 3. The highest BCUT2D eigenvalue weighted by molar-refractivity contribution is 5.96. The summed E-state index contributed by atoms with van der Waals surface area (Å²) < 4.78 is 27.7. The summed E-state index contributed by atoms with van der Waals surface area (Å²) >= 11 is 0. The van der Waals surface area contributed by atoms with E-state index >= 15 is 0 Å². The fourth-order valence-electron chi connectivity index (χ4n) is 2.48. The van der Waals surface area contributed by atoms with Crippen molar-refractivity contribution in [3.8, 4) is 0 Å². The first-order valence-corrected chi connectivity index (χ1v) is 8.70. The predicted octanol–water partition coefficient (Wildman–Crippen LogP) is 3.01. The van der Waals surface area contributed by atoms with Gasteiger partial charge in [0, 0.05) is 0 Å². The predicted molar refractivity (Wildman–Crippen MR) is 94.3 cm³/mol. The van der Waals surface area contributed by atoms with Crippen molar-refractivity contribution >= 4 is 18.0 Å². The smallest absolute Gasteiger partial charge is 0.407 e. The zero-order valence-corrected chi connectivity index (χ0v) is 16.8. The molecule has 26 heavy (non-hydrogen) atoms. The molecule has 1 amide bonds. The number of methoxy groups -OCH3 is 2. The average Bonchev–Trinajstić information content (AvgIpc) is 2.50. The van der Waals surface area contributed by atoms with Crippen LogP contribution >= 0.6 is 0 Å². The van der Waals surface area contributed by atoms with Crippen molar-refractivity contribution in [3.63, 3.8) is 0 Å². The van der Waals surface area contributed by atoms with E-state index in [2.05, 4.69) is 14.8 Å². The van der Waals surface area contributed by atoms with Gasteiger partial charge in [-0.3, -0.25) is 9.59 Å². The zero-order valence-electron chi connectivity index (χ0n) is 16.8. The SMILES string of the molecule is COC(=O)C(C(=O)OC)C(CC(C)CCC(C)F)NC(=O)OC(C)(C)C. The van der Waals surface area contributed by atoms with Crippen molar-refractivity contribution in [3.05, 3.63) is 0 Å². The number of rotatable bonds is 9. The second kappa shape index (κ2) is 11.0. The molecule has 0 spiro atoms. The molecule has 8 heteroatoms. The van der Waals surface area contributed by atoms with Crippen LogP contribution in [0.25, 0.3) is 0 Å². The van der Waals surface area contributed by atoms with Gasteiger partial charge in [-0.1, -0.05) is 6.92 Å². The molecule has 0 heterocycles. The van der Waals surface area contributed by atoms with Crippen LogP contribution in [0.4, 0.5) is 9.18 Å². The maximum absolute atomic E-state index is 13.1. The van der Waals surface area contributed by atoms with Gasteiger partial charge in [-0.2, -0.15) is 0 Å². The monoisotopic (exact) mass is 377 g/mol. The number of amides is 1. The number of hydrogen-bond donors (Lipinski definition) is 1. The minimum atomic E-state index is -1.33. The van der Waals surface area contributed by atoms with Crippen LogP contribution in [0.1, 0.15) is 53.9 Å². The minimum absolute atomic E-state index is 0.0510. The lowest BCUT2D eigenvalue weighted by atomic mass is 9.88. The van der Waals surface area contributed by atoms with E-state index in [9.17, 15) is 18.8 Å². The molecule has 3 atom stereocenters. The number of carbonyl (C=O) groups is 3. The molecule has 152 valence electrons. The lowest BCUT2D eigenvalue weighted by Crippen LogP contribution is -2.49. The first kappa shape index (κ1) is 24.1. The Morgan fingerprint density at radius 1 is 1.00 bits per heavy atom. The van der Waals surface area contributed by atoms with Crippen LogP contribution in [0.5, 0.6) is 0 Å². The first-order chi connectivity index (χ1) is 11.9. The maximum Gasteiger partial charge on any atom is 0.407 e. The van der Waals surface area contributed by atoms with Crippen LogP contribution in [0.2, 0.25) is 0 Å². The summed E-state index contributed by atoms with van der Waals surface area (Å²) in [5.74, 6) is -3.01. The highest BCUT2D eigenvalue weighted by atomic mass is 19.1. The number of hydrogen-bond acceptors (Lipinski definition) is 6. The van der Waals surface area contributed by atoms with Crippen LogP contribution in [-0.2, 0) is 23.8 Å². The molecule has 7 nitrogen and oxygen atoms in total. The van der Waals surface area contributed by atoms with Crippen LogP contribution in [0, 0.1) is 11.8 Å². The molecule has 0 aromatic heterocycles. The van der Waals surface area contributed by atoms with Gasteiger partial charge in [0.2, 0.25) is 0 Å². The van der Waals surface area contributed by atoms with E-state index in [1.54, 1.807) is 20.8 Å². The fraction of sp³-hybridized carbons (Fsp3) is 0.833. The van der Waals surface area contributed by atoms with Gasteiger partial charge in [0.15, 0.2) is 5.92 Å². The van der Waals surface area contributed by atoms with E-state index in [4.69, 9.17) is 4.74 Å². The Morgan fingerprint density at radius 3 is 1.88 bits per heavy atom. The summed E-state index contributed by atoms with van der Waals surface area (Å²) in [6, 6.07) is -0.894. The molecule has 0 aliphatic carbocycles. The molecule has 0 bridgehead atoms. The average molecular weight is 377 g/mol. The molecule has 0 aromatic rings. The third-order valence-corrected chi connectivity index (χ3v) is 3.73. The second-order valence-electron chi connectivity index (χ2n) is 7.48. The van der Waals surface area contributed by atoms with Gasteiger partial charge in [0.25, 0.3) is 0 Å². The Hall–Kier alpha value is -1.86. The third-order valence-electron chi connectivity index (χ3n) is 3.73. The van der Waals surface area contributed by atoms with E-state index in [0.29, 0.717) is 12.8 Å². The molecule has 0 fully saturated rings. The first-order valence-electron chi connectivity index (χ1n) is 8.70. The lowest BCUT2D eigenvalue weighted by Gasteiger charge is -2.28. The number of alkyl carbamates (subject to hydrolysis) is 1. The molecule has 0 saturated carbocycles. The number of alkyl halides is 1. The molecule has 0 rings (SSSR count). The van der Waals surface area contributed by atoms with Gasteiger partial charge in [0.1, 0.15) is 5.60 Å². The molecule has 0 radical (unpaired) electrons. The Balaban J connectivity index is 5.37. The number of ether oxygens (including phenoxy) is 3. The van der Waals surface area contributed by atoms with Crippen molar-refractivity contribution in [1.82, 2.24) is 5.32 Å². The third kappa shape index (κ3) is 9.58. The van der Waals surface area contributed by atoms with E-state index < -0.39 is 41.8 Å². The summed E-state index contributed by atoms with van der Waals surface area (Å²) in [5.41, 5.74) is -0.740. The standard InChI is InChI=1S/C18H32FNO6/c1-11(8-9-12(2)19)10-13(20-17(23)26-18(3,4)5)14(15(21)24-6)16(22)25-7/h11-14H,8-10H2,1-7H3,(H,20,23). The largest absolute Gasteiger partial charge is 0.468 e. The van der Waals surface area contributed by atoms with Crippen molar-refractivity contribution < 1.29 is 33.0 Å². The fourth-order valence-corrected chi connectivity index (χ4v) is 2.48. The van der Waals surface area contributed by atoms with Crippen molar-refractivity contribution in [2.45, 2.75) is 71.7 Å². The van der Waals surface area contributed by atoms with Gasteiger partial charge < -0.3 is 19.5 Å². The molecule has 0 aromatic carbocycles. The Labute approximate surface area is 154 Å². The van der Waals surface area contributed by atoms with Gasteiger partial charge >= 0.3 is 18.0 Å². The quantitative estimate of drug-likeness (QED) is 0.377. The molecular weight excluding hydrogens is 345 g/mol. The highest BCUT2D eigenvalue weighted by Gasteiger charge is 2.39. The van der Waals surface area contributed by atoms with E-state index in [1.165, 1.54) is 6.92 Å². The molecule has 3 unspecified atom stereocenters. The molecule has 0 saturated heterocycles. The summed E-state index contributed by atoms with van der Waals surface area (Å²) in [6.45, 7) is 8.42. The topological polar surface area (TPSA) is 90.9 Å². The van der Waals surface area contributed by atoms with Crippen LogP contribution in [0.3, 0.4) is 0 Å². The molecule has 0 aliphatic rings. The summed E-state index contributed by atoms with van der Waals surface area (Å²) in [5, 5.41) is 2.57. The summed E-state index contributed by atoms with van der Waals surface area (Å²) in [6.07, 6.45) is -0.556. The van der Waals surface area contributed by atoms with E-state index in [1.807, 2.05) is 6.92 Å². The number of esters is 2. The van der Waals surface area contributed by atoms with Gasteiger partial charge in [-0.25, -0.2) is 9.18 Å². The number of halogens is 1. The minimum Gasteiger partial charge on any atom is -0.468 e. The summed E-state index contributed by atoms with van der Waals surface area (Å²) in [4.78, 5) is 36.3. The molecular formula is C18H32FNO6. The Bertz CT molecular complexity index is 459. The lowest BCUT2D eigenvalue weighted by molar-refractivity contribution is -0.160. The van der Waals surface area contributed by atoms with Gasteiger partial charge in [-0.05, 0) is 52.9 Å². The summed E-state index contributed by atoms with van der Waals surface area (Å²) in [7, 11) is 2.30. The molecule has 0 aliphatic heterocycles. The normalized spacial score (nSPS) is 15.0. The van der Waals surface area contributed by atoms with Crippen molar-refractivity contribution in [2.24, 2.45) is 11.8 Å². The number of nitrogens with one attached hydrogen (secondary N) is 1.